The molecule has 1 N–H and O–H groups in total. The number of quaternary nitrogens is 1. The first-order valence-electron chi connectivity index (χ1n) is 6.25. The van der Waals surface area contributed by atoms with Gasteiger partial charge in [0.05, 0.1) is 27.4 Å². The van der Waals surface area contributed by atoms with Crippen LogP contribution in [0.15, 0.2) is 29.4 Å². The van der Waals surface area contributed by atoms with E-state index in [9.17, 15) is 4.79 Å². The van der Waals surface area contributed by atoms with Crippen molar-refractivity contribution in [2.45, 2.75) is 0 Å². The molecule has 0 heterocycles. The first-order chi connectivity index (χ1) is 9.40. The fourth-order valence-corrected chi connectivity index (χ4v) is 1.46. The maximum atomic E-state index is 11.6. The van der Waals surface area contributed by atoms with Gasteiger partial charge in [-0.2, -0.15) is 5.10 Å². The molecule has 0 radical (unpaired) electrons. The Morgan fingerprint density at radius 1 is 1.40 bits per heavy atom. The molecule has 6 nitrogen and oxygen atoms in total. The molecular weight excluding hydrogens is 258 g/mol. The molecule has 0 saturated carbocycles. The lowest BCUT2D eigenvalue weighted by Crippen LogP contribution is -2.43. The second-order valence-electron chi connectivity index (χ2n) is 5.36. The van der Waals surface area contributed by atoms with Crippen molar-refractivity contribution in [3.05, 3.63) is 29.8 Å². The predicted octanol–water partition coefficient (Wildman–Crippen LogP) is 0.826. The minimum Gasteiger partial charge on any atom is -0.468 e. The molecule has 0 unspecified atom stereocenters. The molecule has 1 aromatic rings. The van der Waals surface area contributed by atoms with E-state index in [0.717, 1.165) is 5.56 Å². The largest absolute Gasteiger partial charge is 0.468 e. The van der Waals surface area contributed by atoms with E-state index in [0.29, 0.717) is 16.8 Å². The fourth-order valence-electron chi connectivity index (χ4n) is 1.46. The van der Waals surface area contributed by atoms with Gasteiger partial charge < -0.3 is 14.0 Å². The van der Waals surface area contributed by atoms with E-state index < -0.39 is 0 Å². The summed E-state index contributed by atoms with van der Waals surface area (Å²) in [6.45, 7) is 0.565. The quantitative estimate of drug-likeness (QED) is 0.348. The summed E-state index contributed by atoms with van der Waals surface area (Å²) in [4.78, 5) is 11.6. The Labute approximate surface area is 119 Å². The van der Waals surface area contributed by atoms with Gasteiger partial charge in [-0.25, -0.2) is 5.43 Å². The highest BCUT2D eigenvalue weighted by Gasteiger charge is 2.12. The second kappa shape index (κ2) is 7.62. The van der Waals surface area contributed by atoms with Crippen LogP contribution in [0.3, 0.4) is 0 Å². The van der Waals surface area contributed by atoms with E-state index in [1.165, 1.54) is 0 Å². The summed E-state index contributed by atoms with van der Waals surface area (Å²) in [7, 11) is 7.40. The summed E-state index contributed by atoms with van der Waals surface area (Å²) in [5, 5.41) is 3.93. The Hall–Kier alpha value is -1.92. The molecule has 110 valence electrons. The zero-order valence-electron chi connectivity index (χ0n) is 12.4. The summed E-state index contributed by atoms with van der Waals surface area (Å²) in [5.74, 6) is 0.564. The molecule has 0 atom stereocenters. The zero-order valence-corrected chi connectivity index (χ0v) is 12.4. The van der Waals surface area contributed by atoms with Crippen molar-refractivity contribution in [3.63, 3.8) is 0 Å². The molecule has 0 aliphatic carbocycles. The first kappa shape index (κ1) is 16.1. The lowest BCUT2D eigenvalue weighted by atomic mass is 10.2. The number of nitrogens with one attached hydrogen (secondary N) is 1. The molecular formula is C14H22N3O3+. The molecule has 0 fully saturated rings. The van der Waals surface area contributed by atoms with Gasteiger partial charge in [-0.05, 0) is 17.7 Å². The number of ether oxygens (including phenoxy) is 2. The Morgan fingerprint density at radius 3 is 2.80 bits per heavy atom. The van der Waals surface area contributed by atoms with Crippen LogP contribution >= 0.6 is 0 Å². The van der Waals surface area contributed by atoms with Crippen LogP contribution in [-0.2, 0) is 9.53 Å². The van der Waals surface area contributed by atoms with Crippen LogP contribution in [0.1, 0.15) is 5.56 Å². The van der Waals surface area contributed by atoms with Crippen molar-refractivity contribution in [1.29, 1.82) is 0 Å². The molecule has 1 aromatic carbocycles. The molecule has 0 aliphatic rings. The number of methoxy groups -OCH3 is 1. The molecule has 0 bridgehead atoms. The average molecular weight is 280 g/mol. The van der Waals surface area contributed by atoms with Crippen LogP contribution in [0, 0.1) is 0 Å². The minimum absolute atomic E-state index is 0.125. The monoisotopic (exact) mass is 280 g/mol. The van der Waals surface area contributed by atoms with Gasteiger partial charge >= 0.3 is 0 Å². The number of hydrogen-bond donors (Lipinski definition) is 1. The minimum atomic E-state index is -0.125. The van der Waals surface area contributed by atoms with Crippen LogP contribution in [0.2, 0.25) is 0 Å². The van der Waals surface area contributed by atoms with Gasteiger partial charge in [-0.15, -0.1) is 0 Å². The van der Waals surface area contributed by atoms with E-state index in [1.807, 2.05) is 45.4 Å². The highest BCUT2D eigenvalue weighted by atomic mass is 16.7. The normalized spacial score (nSPS) is 11.6. The van der Waals surface area contributed by atoms with Gasteiger partial charge in [0.2, 0.25) is 0 Å². The lowest BCUT2D eigenvalue weighted by molar-refractivity contribution is -0.862. The van der Waals surface area contributed by atoms with E-state index >= 15 is 0 Å². The molecule has 1 amide bonds. The summed E-state index contributed by atoms with van der Waals surface area (Å²) >= 11 is 0. The van der Waals surface area contributed by atoms with E-state index in [1.54, 1.807) is 13.3 Å². The summed E-state index contributed by atoms with van der Waals surface area (Å²) < 4.78 is 10.7. The number of benzene rings is 1. The highest BCUT2D eigenvalue weighted by molar-refractivity contribution is 5.83. The van der Waals surface area contributed by atoms with Crippen LogP contribution in [0.5, 0.6) is 5.75 Å². The molecule has 0 aromatic heterocycles. The van der Waals surface area contributed by atoms with Crippen LogP contribution < -0.4 is 10.2 Å². The Kier molecular flexibility index (Phi) is 6.14. The maximum Gasteiger partial charge on any atom is 0.295 e. The summed E-state index contributed by atoms with van der Waals surface area (Å²) in [6.07, 6.45) is 1.58. The third kappa shape index (κ3) is 6.86. The van der Waals surface area contributed by atoms with Gasteiger partial charge in [-0.1, -0.05) is 12.1 Å². The number of carbonyl (C=O) groups is 1. The van der Waals surface area contributed by atoms with Crippen molar-refractivity contribution in [2.75, 3.05) is 41.6 Å². The van der Waals surface area contributed by atoms with Crippen molar-refractivity contribution < 1.29 is 18.8 Å². The van der Waals surface area contributed by atoms with E-state index in [4.69, 9.17) is 9.47 Å². The fraction of sp³-hybridized carbons (Fsp3) is 0.429. The molecule has 0 spiro atoms. The van der Waals surface area contributed by atoms with Gasteiger partial charge in [0.1, 0.15) is 5.75 Å². The number of rotatable bonds is 7. The smallest absolute Gasteiger partial charge is 0.295 e. The van der Waals surface area contributed by atoms with E-state index in [2.05, 4.69) is 10.5 Å². The zero-order chi connectivity index (χ0) is 15.0. The Bertz CT molecular complexity index is 467. The van der Waals surface area contributed by atoms with Crippen molar-refractivity contribution in [3.8, 4) is 5.75 Å². The van der Waals surface area contributed by atoms with Crippen LogP contribution in [-0.4, -0.2) is 58.2 Å². The lowest BCUT2D eigenvalue weighted by Gasteiger charge is -2.21. The average Bonchev–Trinajstić information content (AvgIpc) is 2.34. The van der Waals surface area contributed by atoms with Crippen molar-refractivity contribution in [2.24, 2.45) is 5.10 Å². The van der Waals surface area contributed by atoms with Gasteiger partial charge in [0.15, 0.2) is 13.3 Å². The van der Waals surface area contributed by atoms with Gasteiger partial charge in [-0.3, -0.25) is 4.79 Å². The number of amides is 1. The molecule has 1 rings (SSSR count). The SMILES string of the molecule is COCOc1cccc(/C=N/NC(=O)C[N+](C)(C)C)c1. The van der Waals surface area contributed by atoms with Crippen LogP contribution in [0.4, 0.5) is 0 Å². The second-order valence-corrected chi connectivity index (χ2v) is 5.36. The third-order valence-electron chi connectivity index (χ3n) is 2.22. The molecule has 0 saturated heterocycles. The van der Waals surface area contributed by atoms with Crippen molar-refractivity contribution in [1.82, 2.24) is 5.43 Å². The van der Waals surface area contributed by atoms with Gasteiger partial charge in [0, 0.05) is 7.11 Å². The highest BCUT2D eigenvalue weighted by Crippen LogP contribution is 2.11. The number of nitrogens with zero attached hydrogens (tertiary/aromatic N) is 2. The number of likely N-dealkylation sites (N-methyl/N-ethyl adjacent to an activating group) is 1. The van der Waals surface area contributed by atoms with Gasteiger partial charge in [0.25, 0.3) is 5.91 Å². The van der Waals surface area contributed by atoms with E-state index in [-0.39, 0.29) is 12.7 Å². The van der Waals surface area contributed by atoms with Crippen LogP contribution in [0.25, 0.3) is 0 Å². The maximum absolute atomic E-state index is 11.6. The first-order valence-corrected chi connectivity index (χ1v) is 6.25. The molecule has 20 heavy (non-hydrogen) atoms. The third-order valence-corrected chi connectivity index (χ3v) is 2.22. The standard InChI is InChI=1S/C14H21N3O3/c1-17(2,3)10-14(18)16-15-9-12-6-5-7-13(8-12)20-11-19-4/h5-9H,10-11H2,1-4H3/p+1/b15-9+. The van der Waals surface area contributed by atoms with Crippen molar-refractivity contribution >= 4 is 12.1 Å². The number of carbonyl (C=O) groups excluding carboxylic acids is 1. The summed E-state index contributed by atoms with van der Waals surface area (Å²) in [6, 6.07) is 7.36. The number of hydrazone groups is 1. The summed E-state index contributed by atoms with van der Waals surface area (Å²) in [5.41, 5.74) is 3.34. The topological polar surface area (TPSA) is 59.9 Å². The molecule has 6 heteroatoms. The molecule has 0 aliphatic heterocycles. The Morgan fingerprint density at radius 2 is 2.15 bits per heavy atom. The number of hydrogen-bond acceptors (Lipinski definition) is 4. The predicted molar refractivity (Wildman–Crippen MR) is 77.6 cm³/mol. The Balaban J connectivity index is 2.51.